The second-order valence-electron chi connectivity index (χ2n) is 4.37. The molecule has 0 spiro atoms. The number of halogens is 1. The number of amides is 1. The molecule has 0 aliphatic heterocycles. The van der Waals surface area contributed by atoms with Crippen LogP contribution in [0, 0.1) is 0 Å². The summed E-state index contributed by atoms with van der Waals surface area (Å²) in [7, 11) is 0. The Hall–Kier alpha value is -1.24. The van der Waals surface area contributed by atoms with Gasteiger partial charge in [-0.3, -0.25) is 9.59 Å². The Morgan fingerprint density at radius 3 is 2.95 bits per heavy atom. The average Bonchev–Trinajstić information content (AvgIpc) is 2.80. The molecule has 4 nitrogen and oxygen atoms in total. The smallest absolute Gasteiger partial charge is 0.313 e. The molecule has 0 aliphatic carbocycles. The number of benzene rings is 1. The standard InChI is InChI=1S/C14H14ClNO3S2/c15-10-1-2-12-11(6-10)9(7-21-12)5-13(17)16-3-4-20-8-14(18)19/h1-2,6-7H,3-5,8H2,(H,16,17)(H,18,19). The second kappa shape index (κ2) is 7.68. The van der Waals surface area contributed by atoms with Gasteiger partial charge in [-0.25, -0.2) is 0 Å². The van der Waals surface area contributed by atoms with Crippen molar-refractivity contribution in [3.8, 4) is 0 Å². The van der Waals surface area contributed by atoms with Gasteiger partial charge in [-0.15, -0.1) is 23.1 Å². The molecule has 112 valence electrons. The van der Waals surface area contributed by atoms with Crippen molar-refractivity contribution in [3.05, 3.63) is 34.2 Å². The Morgan fingerprint density at radius 1 is 1.38 bits per heavy atom. The molecule has 0 radical (unpaired) electrons. The number of carboxylic acids is 1. The molecule has 1 amide bonds. The van der Waals surface area contributed by atoms with Gasteiger partial charge in [0, 0.05) is 22.0 Å². The van der Waals surface area contributed by atoms with Crippen molar-refractivity contribution in [1.82, 2.24) is 5.32 Å². The number of carbonyl (C=O) groups excluding carboxylic acids is 1. The maximum absolute atomic E-state index is 11.9. The van der Waals surface area contributed by atoms with E-state index >= 15 is 0 Å². The molecular weight excluding hydrogens is 330 g/mol. The minimum atomic E-state index is -0.840. The molecule has 1 aromatic carbocycles. The molecule has 2 aromatic rings. The van der Waals surface area contributed by atoms with Crippen molar-refractivity contribution in [2.24, 2.45) is 0 Å². The SMILES string of the molecule is O=C(O)CSCCNC(=O)Cc1csc2ccc(Cl)cc12. The summed E-state index contributed by atoms with van der Waals surface area (Å²) in [5, 5.41) is 14.9. The highest BCUT2D eigenvalue weighted by Crippen LogP contribution is 2.28. The fourth-order valence-corrected chi connectivity index (χ4v) is 3.53. The maximum atomic E-state index is 11.9. The fourth-order valence-electron chi connectivity index (χ4n) is 1.85. The first-order valence-electron chi connectivity index (χ1n) is 6.28. The Balaban J connectivity index is 1.84. The van der Waals surface area contributed by atoms with E-state index in [4.69, 9.17) is 16.7 Å². The first-order valence-corrected chi connectivity index (χ1v) is 8.69. The summed E-state index contributed by atoms with van der Waals surface area (Å²) in [5.41, 5.74) is 0.966. The van der Waals surface area contributed by atoms with Gasteiger partial charge in [0.05, 0.1) is 12.2 Å². The average molecular weight is 344 g/mol. The Kier molecular flexibility index (Phi) is 5.90. The van der Waals surface area contributed by atoms with Crippen molar-refractivity contribution in [1.29, 1.82) is 0 Å². The number of rotatable bonds is 7. The Labute approximate surface area is 135 Å². The van der Waals surface area contributed by atoms with Crippen LogP contribution in [0.3, 0.4) is 0 Å². The fraction of sp³-hybridized carbons (Fsp3) is 0.286. The number of thioether (sulfide) groups is 1. The molecule has 0 unspecified atom stereocenters. The van der Waals surface area contributed by atoms with Crippen LogP contribution in [0.1, 0.15) is 5.56 Å². The zero-order chi connectivity index (χ0) is 15.2. The van der Waals surface area contributed by atoms with Gasteiger partial charge in [-0.1, -0.05) is 11.6 Å². The zero-order valence-electron chi connectivity index (χ0n) is 11.1. The van der Waals surface area contributed by atoms with E-state index in [2.05, 4.69) is 5.32 Å². The summed E-state index contributed by atoms with van der Waals surface area (Å²) in [6.07, 6.45) is 0.309. The van der Waals surface area contributed by atoms with Crippen LogP contribution in [0.15, 0.2) is 23.6 Å². The molecule has 1 aromatic heterocycles. The topological polar surface area (TPSA) is 66.4 Å². The van der Waals surface area contributed by atoms with Crippen LogP contribution in [-0.2, 0) is 16.0 Å². The highest BCUT2D eigenvalue weighted by atomic mass is 35.5. The van der Waals surface area contributed by atoms with Gasteiger partial charge in [-0.05, 0) is 34.5 Å². The monoisotopic (exact) mass is 343 g/mol. The van der Waals surface area contributed by atoms with E-state index in [9.17, 15) is 9.59 Å². The van der Waals surface area contributed by atoms with Crippen molar-refractivity contribution in [3.63, 3.8) is 0 Å². The summed E-state index contributed by atoms with van der Waals surface area (Å²) in [4.78, 5) is 22.2. The van der Waals surface area contributed by atoms with Gasteiger partial charge < -0.3 is 10.4 Å². The Morgan fingerprint density at radius 2 is 2.19 bits per heavy atom. The predicted molar refractivity (Wildman–Crippen MR) is 88.5 cm³/mol. The zero-order valence-corrected chi connectivity index (χ0v) is 13.5. The van der Waals surface area contributed by atoms with Gasteiger partial charge >= 0.3 is 5.97 Å². The molecule has 0 fully saturated rings. The van der Waals surface area contributed by atoms with Gasteiger partial charge in [0.15, 0.2) is 0 Å². The number of hydrogen-bond acceptors (Lipinski definition) is 4. The first kappa shape index (κ1) is 16.1. The lowest BCUT2D eigenvalue weighted by Gasteiger charge is -2.04. The van der Waals surface area contributed by atoms with Crippen LogP contribution in [0.2, 0.25) is 5.02 Å². The third-order valence-electron chi connectivity index (χ3n) is 2.76. The van der Waals surface area contributed by atoms with Crippen LogP contribution in [0.25, 0.3) is 10.1 Å². The number of carbonyl (C=O) groups is 2. The molecule has 2 N–H and O–H groups in total. The Bertz CT molecular complexity index is 657. The molecule has 21 heavy (non-hydrogen) atoms. The normalized spacial score (nSPS) is 10.7. The van der Waals surface area contributed by atoms with E-state index in [0.29, 0.717) is 23.7 Å². The van der Waals surface area contributed by atoms with Crippen LogP contribution < -0.4 is 5.32 Å². The quantitative estimate of drug-likeness (QED) is 0.758. The molecule has 0 aliphatic rings. The van der Waals surface area contributed by atoms with E-state index in [1.54, 1.807) is 11.3 Å². The summed E-state index contributed by atoms with van der Waals surface area (Å²) >= 11 is 8.86. The highest BCUT2D eigenvalue weighted by molar-refractivity contribution is 7.99. The van der Waals surface area contributed by atoms with E-state index in [0.717, 1.165) is 15.6 Å². The number of thiophene rings is 1. The van der Waals surface area contributed by atoms with Crippen molar-refractivity contribution in [2.75, 3.05) is 18.1 Å². The molecular formula is C14H14ClNO3S2. The first-order chi connectivity index (χ1) is 10.1. The van der Waals surface area contributed by atoms with Gasteiger partial charge in [0.1, 0.15) is 0 Å². The maximum Gasteiger partial charge on any atom is 0.313 e. The molecule has 0 bridgehead atoms. The lowest BCUT2D eigenvalue weighted by molar-refractivity contribution is -0.133. The third-order valence-corrected chi connectivity index (χ3v) is 4.95. The van der Waals surface area contributed by atoms with Crippen LogP contribution in [0.5, 0.6) is 0 Å². The number of nitrogens with one attached hydrogen (secondary N) is 1. The minimum absolute atomic E-state index is 0.0591. The second-order valence-corrected chi connectivity index (χ2v) is 6.83. The third kappa shape index (κ3) is 4.91. The van der Waals surface area contributed by atoms with Crippen LogP contribution in [0.4, 0.5) is 0 Å². The molecule has 7 heteroatoms. The number of aliphatic carboxylic acids is 1. The molecule has 2 rings (SSSR count). The van der Waals surface area contributed by atoms with E-state index < -0.39 is 5.97 Å². The summed E-state index contributed by atoms with van der Waals surface area (Å²) in [5.74, 6) is -0.254. The van der Waals surface area contributed by atoms with Crippen molar-refractivity contribution in [2.45, 2.75) is 6.42 Å². The van der Waals surface area contributed by atoms with Gasteiger partial charge in [-0.2, -0.15) is 0 Å². The summed E-state index contributed by atoms with van der Waals surface area (Å²) in [6.45, 7) is 0.472. The molecule has 1 heterocycles. The largest absolute Gasteiger partial charge is 0.481 e. The highest BCUT2D eigenvalue weighted by Gasteiger charge is 2.09. The molecule has 0 saturated heterocycles. The molecule has 0 atom stereocenters. The van der Waals surface area contributed by atoms with E-state index in [-0.39, 0.29) is 11.7 Å². The lowest BCUT2D eigenvalue weighted by atomic mass is 10.1. The predicted octanol–water partition coefficient (Wildman–Crippen LogP) is 3.03. The van der Waals surface area contributed by atoms with Crippen LogP contribution >= 0.6 is 34.7 Å². The summed E-state index contributed by atoms with van der Waals surface area (Å²) in [6, 6.07) is 5.66. The molecule has 0 saturated carbocycles. The van der Waals surface area contributed by atoms with Gasteiger partial charge in [0.25, 0.3) is 0 Å². The van der Waals surface area contributed by atoms with E-state index in [1.807, 2.05) is 23.6 Å². The number of hydrogen-bond donors (Lipinski definition) is 2. The van der Waals surface area contributed by atoms with Crippen molar-refractivity contribution >= 4 is 56.7 Å². The number of carboxylic acid groups (broad SMARTS) is 1. The van der Waals surface area contributed by atoms with Crippen LogP contribution in [-0.4, -0.2) is 35.0 Å². The van der Waals surface area contributed by atoms with E-state index in [1.165, 1.54) is 11.8 Å². The van der Waals surface area contributed by atoms with Gasteiger partial charge in [0.2, 0.25) is 5.91 Å². The minimum Gasteiger partial charge on any atom is -0.481 e. The van der Waals surface area contributed by atoms with Crippen molar-refractivity contribution < 1.29 is 14.7 Å². The number of fused-ring (bicyclic) bond motifs is 1. The lowest BCUT2D eigenvalue weighted by Crippen LogP contribution is -2.27. The summed E-state index contributed by atoms with van der Waals surface area (Å²) < 4.78 is 1.11.